The summed E-state index contributed by atoms with van der Waals surface area (Å²) in [6.45, 7) is 3.40. The van der Waals surface area contributed by atoms with Crippen LogP contribution in [0, 0.1) is 18.3 Å². The Morgan fingerprint density at radius 3 is 2.80 bits per heavy atom. The molecular formula is C24H23N5O. The van der Waals surface area contributed by atoms with Crippen LogP contribution in [-0.4, -0.2) is 33.9 Å². The molecule has 1 amide bonds. The summed E-state index contributed by atoms with van der Waals surface area (Å²) in [6, 6.07) is 18.9. The Balaban J connectivity index is 1.47. The van der Waals surface area contributed by atoms with Crippen molar-refractivity contribution in [3.8, 4) is 6.07 Å². The van der Waals surface area contributed by atoms with Crippen molar-refractivity contribution >= 4 is 17.5 Å². The number of carbonyl (C=O) groups is 1. The number of hydrogen-bond donors (Lipinski definition) is 1. The highest BCUT2D eigenvalue weighted by molar-refractivity contribution is 5.94. The lowest BCUT2D eigenvalue weighted by Crippen LogP contribution is -2.39. The van der Waals surface area contributed by atoms with Gasteiger partial charge in [0.05, 0.1) is 17.3 Å². The van der Waals surface area contributed by atoms with Gasteiger partial charge in [-0.15, -0.1) is 0 Å². The smallest absolute Gasteiger partial charge is 0.253 e. The molecule has 2 aromatic carbocycles. The minimum absolute atomic E-state index is 0.00337. The number of aryl methyl sites for hydroxylation is 1. The van der Waals surface area contributed by atoms with E-state index in [0.29, 0.717) is 23.6 Å². The van der Waals surface area contributed by atoms with Crippen LogP contribution in [-0.2, 0) is 0 Å². The fourth-order valence-corrected chi connectivity index (χ4v) is 3.79. The van der Waals surface area contributed by atoms with E-state index in [0.717, 1.165) is 30.8 Å². The molecular weight excluding hydrogens is 374 g/mol. The highest BCUT2D eigenvalue weighted by Crippen LogP contribution is 2.27. The number of rotatable bonds is 4. The van der Waals surface area contributed by atoms with Crippen LogP contribution >= 0.6 is 0 Å². The number of nitriles is 1. The van der Waals surface area contributed by atoms with Crippen LogP contribution in [0.5, 0.6) is 0 Å². The number of nitrogens with zero attached hydrogens (tertiary/aromatic N) is 4. The van der Waals surface area contributed by atoms with Crippen molar-refractivity contribution in [2.45, 2.75) is 25.7 Å². The Bertz CT molecular complexity index is 1090. The number of benzene rings is 2. The van der Waals surface area contributed by atoms with Crippen LogP contribution in [0.1, 0.15) is 45.9 Å². The fraction of sp³-hybridized carbons (Fsp3) is 0.250. The highest BCUT2D eigenvalue weighted by atomic mass is 16.2. The van der Waals surface area contributed by atoms with Crippen molar-refractivity contribution in [3.05, 3.63) is 83.2 Å². The number of amides is 1. The first kappa shape index (κ1) is 19.6. The first-order chi connectivity index (χ1) is 14.6. The molecule has 6 nitrogen and oxygen atoms in total. The summed E-state index contributed by atoms with van der Waals surface area (Å²) in [5, 5.41) is 12.2. The minimum Gasteiger partial charge on any atom is -0.338 e. The second kappa shape index (κ2) is 8.75. The molecule has 30 heavy (non-hydrogen) atoms. The van der Waals surface area contributed by atoms with Gasteiger partial charge in [-0.3, -0.25) is 4.79 Å². The lowest BCUT2D eigenvalue weighted by molar-refractivity contribution is 0.0706. The van der Waals surface area contributed by atoms with Gasteiger partial charge < -0.3 is 10.2 Å². The molecule has 1 aliphatic heterocycles. The molecule has 2 heterocycles. The van der Waals surface area contributed by atoms with Crippen molar-refractivity contribution in [2.24, 2.45) is 0 Å². The van der Waals surface area contributed by atoms with E-state index in [9.17, 15) is 4.79 Å². The topological polar surface area (TPSA) is 81.9 Å². The zero-order valence-electron chi connectivity index (χ0n) is 16.9. The molecule has 0 unspecified atom stereocenters. The Morgan fingerprint density at radius 2 is 2.03 bits per heavy atom. The summed E-state index contributed by atoms with van der Waals surface area (Å²) in [5.41, 5.74) is 4.23. The predicted molar refractivity (Wildman–Crippen MR) is 116 cm³/mol. The van der Waals surface area contributed by atoms with E-state index in [2.05, 4.69) is 22.4 Å². The van der Waals surface area contributed by atoms with Crippen LogP contribution in [0.3, 0.4) is 0 Å². The van der Waals surface area contributed by atoms with Crippen molar-refractivity contribution in [2.75, 3.05) is 18.4 Å². The van der Waals surface area contributed by atoms with Gasteiger partial charge in [-0.05, 0) is 67.8 Å². The van der Waals surface area contributed by atoms with Crippen LogP contribution < -0.4 is 5.32 Å². The zero-order chi connectivity index (χ0) is 20.9. The molecule has 4 rings (SSSR count). The van der Waals surface area contributed by atoms with Gasteiger partial charge >= 0.3 is 0 Å². The monoisotopic (exact) mass is 397 g/mol. The number of anilines is 2. The van der Waals surface area contributed by atoms with Crippen molar-refractivity contribution < 1.29 is 4.79 Å². The molecule has 1 saturated heterocycles. The molecule has 1 atom stereocenters. The molecule has 150 valence electrons. The van der Waals surface area contributed by atoms with E-state index in [4.69, 9.17) is 10.2 Å². The number of piperidine rings is 1. The summed E-state index contributed by atoms with van der Waals surface area (Å²) in [7, 11) is 0. The Hall–Kier alpha value is -3.72. The molecule has 1 N–H and O–H groups in total. The second-order valence-corrected chi connectivity index (χ2v) is 7.58. The maximum Gasteiger partial charge on any atom is 0.253 e. The van der Waals surface area contributed by atoms with E-state index >= 15 is 0 Å². The van der Waals surface area contributed by atoms with Gasteiger partial charge in [-0.25, -0.2) is 9.97 Å². The van der Waals surface area contributed by atoms with E-state index in [1.807, 2.05) is 36.1 Å². The van der Waals surface area contributed by atoms with Crippen LogP contribution in [0.15, 0.2) is 60.8 Å². The predicted octanol–water partition coefficient (Wildman–Crippen LogP) is 4.42. The normalized spacial score (nSPS) is 16.0. The summed E-state index contributed by atoms with van der Waals surface area (Å²) in [6.07, 6.45) is 3.68. The summed E-state index contributed by atoms with van der Waals surface area (Å²) in [5.74, 6) is 0.729. The Labute approximate surface area is 176 Å². The Morgan fingerprint density at radius 1 is 1.20 bits per heavy atom. The van der Waals surface area contributed by atoms with E-state index in [1.165, 1.54) is 5.56 Å². The van der Waals surface area contributed by atoms with Crippen LogP contribution in [0.4, 0.5) is 11.6 Å². The molecule has 1 aliphatic rings. The van der Waals surface area contributed by atoms with E-state index in [1.54, 1.807) is 30.5 Å². The van der Waals surface area contributed by atoms with Gasteiger partial charge in [0.15, 0.2) is 0 Å². The molecule has 0 spiro atoms. The third kappa shape index (κ3) is 4.47. The van der Waals surface area contributed by atoms with Gasteiger partial charge in [0.25, 0.3) is 5.91 Å². The summed E-state index contributed by atoms with van der Waals surface area (Å²) < 4.78 is 0. The van der Waals surface area contributed by atoms with Gasteiger partial charge in [0, 0.05) is 36.5 Å². The average molecular weight is 397 g/mol. The molecule has 0 saturated carbocycles. The van der Waals surface area contributed by atoms with Gasteiger partial charge in [0.2, 0.25) is 5.95 Å². The van der Waals surface area contributed by atoms with Crippen molar-refractivity contribution in [1.82, 2.24) is 14.9 Å². The van der Waals surface area contributed by atoms with Gasteiger partial charge in [0.1, 0.15) is 0 Å². The summed E-state index contributed by atoms with van der Waals surface area (Å²) in [4.78, 5) is 23.9. The third-order valence-corrected chi connectivity index (χ3v) is 5.34. The third-order valence-electron chi connectivity index (χ3n) is 5.34. The van der Waals surface area contributed by atoms with Crippen LogP contribution in [0.25, 0.3) is 0 Å². The van der Waals surface area contributed by atoms with Gasteiger partial charge in [-0.1, -0.05) is 12.1 Å². The largest absolute Gasteiger partial charge is 0.338 e. The minimum atomic E-state index is -0.00337. The number of nitrogens with one attached hydrogen (secondary N) is 1. The van der Waals surface area contributed by atoms with Crippen molar-refractivity contribution in [1.29, 1.82) is 5.26 Å². The van der Waals surface area contributed by atoms with Gasteiger partial charge in [-0.2, -0.15) is 5.26 Å². The number of carbonyl (C=O) groups excluding carboxylic acids is 1. The Kier molecular flexibility index (Phi) is 5.71. The molecule has 0 radical (unpaired) electrons. The number of likely N-dealkylation sites (tertiary alicyclic amines) is 1. The molecule has 1 aromatic heterocycles. The standard InChI is InChI=1S/C24H23N5O/c1-17-4-2-6-21(14-17)27-24-26-12-11-22(28-24)20-5-3-13-29(16-20)23(30)19-9-7-18(15-25)8-10-19/h2,4,6-12,14,20H,3,5,13,16H2,1H3,(H,26,27,28)/t20-/m0/s1. The molecule has 0 aliphatic carbocycles. The molecule has 3 aromatic rings. The fourth-order valence-electron chi connectivity index (χ4n) is 3.79. The highest BCUT2D eigenvalue weighted by Gasteiger charge is 2.26. The number of hydrogen-bond acceptors (Lipinski definition) is 5. The average Bonchev–Trinajstić information content (AvgIpc) is 2.79. The SMILES string of the molecule is Cc1cccc(Nc2nccc([C@H]3CCCN(C(=O)c4ccc(C#N)cc4)C3)n2)c1. The second-order valence-electron chi connectivity index (χ2n) is 7.58. The first-order valence-corrected chi connectivity index (χ1v) is 10.1. The van der Waals surface area contributed by atoms with E-state index in [-0.39, 0.29) is 11.8 Å². The molecule has 6 heteroatoms. The maximum atomic E-state index is 12.9. The van der Waals surface area contributed by atoms with E-state index < -0.39 is 0 Å². The van der Waals surface area contributed by atoms with Crippen LogP contribution in [0.2, 0.25) is 0 Å². The lowest BCUT2D eigenvalue weighted by Gasteiger charge is -2.32. The maximum absolute atomic E-state index is 12.9. The summed E-state index contributed by atoms with van der Waals surface area (Å²) >= 11 is 0. The molecule has 0 bridgehead atoms. The number of aromatic nitrogens is 2. The quantitative estimate of drug-likeness (QED) is 0.705. The lowest BCUT2D eigenvalue weighted by atomic mass is 9.94. The molecule has 1 fully saturated rings. The first-order valence-electron chi connectivity index (χ1n) is 10.1. The zero-order valence-corrected chi connectivity index (χ0v) is 16.9. The van der Waals surface area contributed by atoms with Crippen molar-refractivity contribution in [3.63, 3.8) is 0 Å².